The molecule has 2 bridgehead atoms. The number of benzene rings is 2. The second kappa shape index (κ2) is 17.3. The number of fused-ring (bicyclic) bond motifs is 1. The lowest BCUT2D eigenvalue weighted by molar-refractivity contribution is -0.139. The molecule has 2 aromatic rings. The Morgan fingerprint density at radius 1 is 1.21 bits per heavy atom. The van der Waals surface area contributed by atoms with Crippen molar-refractivity contribution in [2.75, 3.05) is 51.5 Å². The number of aryl methyl sites for hydroxylation is 1. The van der Waals surface area contributed by atoms with Crippen LogP contribution in [0, 0.1) is 5.92 Å². The van der Waals surface area contributed by atoms with Gasteiger partial charge in [0, 0.05) is 43.6 Å². The number of amides is 2. The van der Waals surface area contributed by atoms with Crippen LogP contribution in [0.3, 0.4) is 0 Å². The lowest BCUT2D eigenvalue weighted by Crippen LogP contribution is -2.45. The van der Waals surface area contributed by atoms with Gasteiger partial charge in [-0.1, -0.05) is 44.0 Å². The third-order valence-electron chi connectivity index (χ3n) is 8.61. The van der Waals surface area contributed by atoms with E-state index in [0.29, 0.717) is 54.9 Å². The summed E-state index contributed by atoms with van der Waals surface area (Å²) in [6.45, 7) is 9.99. The Labute approximate surface area is 286 Å². The van der Waals surface area contributed by atoms with Gasteiger partial charge in [-0.3, -0.25) is 9.52 Å². The van der Waals surface area contributed by atoms with Crippen LogP contribution < -0.4 is 19.7 Å². The number of anilines is 1. The molecular weight excluding hydrogens is 642 g/mol. The highest BCUT2D eigenvalue weighted by Gasteiger charge is 2.32. The van der Waals surface area contributed by atoms with Crippen molar-refractivity contribution in [3.05, 3.63) is 64.7 Å². The van der Waals surface area contributed by atoms with Gasteiger partial charge in [-0.05, 0) is 80.6 Å². The Hall–Kier alpha value is -3.12. The van der Waals surface area contributed by atoms with Crippen LogP contribution in [-0.2, 0) is 36.4 Å². The van der Waals surface area contributed by atoms with Crippen molar-refractivity contribution in [2.24, 2.45) is 5.92 Å². The minimum atomic E-state index is -1.82. The first-order valence-electron chi connectivity index (χ1n) is 16.3. The molecule has 10 nitrogen and oxygen atoms in total. The SMILES string of the molecule is CCCc1cc(Cl)ccc1C1COc2ccc3cc2N(CCC(CC)C(OC(=O)NCCOC)/C=C/COC(C)(C)C(=O)NS3=O)C1. The van der Waals surface area contributed by atoms with E-state index in [1.165, 1.54) is 11.1 Å². The fourth-order valence-corrected chi connectivity index (χ4v) is 7.00. The summed E-state index contributed by atoms with van der Waals surface area (Å²) in [6.07, 6.45) is 5.85. The van der Waals surface area contributed by atoms with E-state index in [0.717, 1.165) is 24.9 Å². The van der Waals surface area contributed by atoms with Gasteiger partial charge in [-0.25, -0.2) is 9.00 Å². The maximum absolute atomic E-state index is 13.4. The number of methoxy groups -OCH3 is 1. The molecule has 2 aliphatic heterocycles. The van der Waals surface area contributed by atoms with Crippen molar-refractivity contribution < 1.29 is 32.7 Å². The Balaban J connectivity index is 1.72. The first-order chi connectivity index (χ1) is 22.6. The van der Waals surface area contributed by atoms with Crippen LogP contribution in [0.25, 0.3) is 0 Å². The van der Waals surface area contributed by atoms with Crippen LogP contribution in [0.1, 0.15) is 64.0 Å². The van der Waals surface area contributed by atoms with E-state index < -0.39 is 34.7 Å². The summed E-state index contributed by atoms with van der Waals surface area (Å²) in [4.78, 5) is 28.6. The molecule has 4 rings (SSSR count). The minimum Gasteiger partial charge on any atom is -0.491 e. The molecule has 258 valence electrons. The highest BCUT2D eigenvalue weighted by Crippen LogP contribution is 2.38. The normalized spacial score (nSPS) is 24.0. The maximum Gasteiger partial charge on any atom is 0.407 e. The van der Waals surface area contributed by atoms with Crippen molar-refractivity contribution in [3.8, 4) is 5.75 Å². The fraction of sp³-hybridized carbons (Fsp3) is 0.543. The molecule has 0 aliphatic carbocycles. The van der Waals surface area contributed by atoms with Crippen LogP contribution in [-0.4, -0.2) is 74.5 Å². The van der Waals surface area contributed by atoms with E-state index in [4.69, 9.17) is 30.5 Å². The molecule has 2 N–H and O–H groups in total. The lowest BCUT2D eigenvalue weighted by atomic mass is 9.91. The molecule has 47 heavy (non-hydrogen) atoms. The molecule has 2 amide bonds. The molecule has 2 aliphatic rings. The summed E-state index contributed by atoms with van der Waals surface area (Å²) in [5.74, 6) is 0.172. The maximum atomic E-state index is 13.4. The fourth-order valence-electron chi connectivity index (χ4n) is 5.86. The number of alkyl carbamates (subject to hydrolysis) is 1. The van der Waals surface area contributed by atoms with Crippen molar-refractivity contribution in [1.82, 2.24) is 10.0 Å². The number of rotatable bonds is 8. The molecule has 0 saturated carbocycles. The quantitative estimate of drug-likeness (QED) is 0.259. The molecular formula is C35H48ClN3O7S. The van der Waals surface area contributed by atoms with Gasteiger partial charge in [0.1, 0.15) is 17.5 Å². The number of halogens is 1. The highest BCUT2D eigenvalue weighted by atomic mass is 35.5. The van der Waals surface area contributed by atoms with Crippen LogP contribution in [0.2, 0.25) is 5.02 Å². The number of nitrogens with one attached hydrogen (secondary N) is 2. The van der Waals surface area contributed by atoms with Gasteiger partial charge in [0.25, 0.3) is 5.91 Å². The van der Waals surface area contributed by atoms with Crippen LogP contribution in [0.5, 0.6) is 5.75 Å². The average molecular weight is 690 g/mol. The predicted octanol–water partition coefficient (Wildman–Crippen LogP) is 5.94. The Kier molecular flexibility index (Phi) is 13.5. The zero-order valence-electron chi connectivity index (χ0n) is 28.0. The van der Waals surface area contributed by atoms with E-state index >= 15 is 0 Å². The second-order valence-electron chi connectivity index (χ2n) is 12.4. The molecule has 0 fully saturated rings. The number of hydrogen-bond donors (Lipinski definition) is 2. The Morgan fingerprint density at radius 2 is 2.02 bits per heavy atom. The van der Waals surface area contributed by atoms with Gasteiger partial charge >= 0.3 is 6.09 Å². The molecule has 12 heteroatoms. The van der Waals surface area contributed by atoms with Crippen LogP contribution in [0.4, 0.5) is 10.5 Å². The molecule has 4 atom stereocenters. The Bertz CT molecular complexity index is 1440. The zero-order chi connectivity index (χ0) is 34.0. The van der Waals surface area contributed by atoms with Crippen LogP contribution >= 0.6 is 11.6 Å². The van der Waals surface area contributed by atoms with Gasteiger partial charge in [0.15, 0.2) is 11.0 Å². The van der Waals surface area contributed by atoms with Crippen molar-refractivity contribution >= 4 is 40.3 Å². The summed E-state index contributed by atoms with van der Waals surface area (Å²) < 4.78 is 39.3. The van der Waals surface area contributed by atoms with Crippen molar-refractivity contribution in [3.63, 3.8) is 0 Å². The third-order valence-corrected chi connectivity index (χ3v) is 9.89. The molecule has 0 saturated heterocycles. The molecule has 2 aromatic carbocycles. The number of nitrogens with zero attached hydrogens (tertiary/aromatic N) is 1. The zero-order valence-corrected chi connectivity index (χ0v) is 29.6. The van der Waals surface area contributed by atoms with E-state index in [1.807, 2.05) is 30.3 Å². The summed E-state index contributed by atoms with van der Waals surface area (Å²) in [7, 11) is -0.252. The molecule has 0 radical (unpaired) electrons. The van der Waals surface area contributed by atoms with E-state index in [2.05, 4.69) is 34.9 Å². The largest absolute Gasteiger partial charge is 0.491 e. The molecule has 0 aromatic heterocycles. The van der Waals surface area contributed by atoms with Gasteiger partial charge in [-0.2, -0.15) is 0 Å². The summed E-state index contributed by atoms with van der Waals surface area (Å²) in [6, 6.07) is 11.4. The van der Waals surface area contributed by atoms with Crippen molar-refractivity contribution in [2.45, 2.75) is 75.9 Å². The van der Waals surface area contributed by atoms with E-state index in [-0.39, 0.29) is 18.4 Å². The number of ether oxygens (including phenoxy) is 4. The van der Waals surface area contributed by atoms with Gasteiger partial charge in [-0.15, -0.1) is 0 Å². The lowest BCUT2D eigenvalue weighted by Gasteiger charge is -2.31. The second-order valence-corrected chi connectivity index (χ2v) is 14.0. The van der Waals surface area contributed by atoms with Gasteiger partial charge < -0.3 is 29.2 Å². The average Bonchev–Trinajstić information content (AvgIpc) is 3.22. The summed E-state index contributed by atoms with van der Waals surface area (Å²) in [5, 5.41) is 3.45. The van der Waals surface area contributed by atoms with Gasteiger partial charge in [0.2, 0.25) is 0 Å². The minimum absolute atomic E-state index is 0.0294. The van der Waals surface area contributed by atoms with Gasteiger partial charge in [0.05, 0.1) is 30.4 Å². The van der Waals surface area contributed by atoms with E-state index in [9.17, 15) is 13.8 Å². The van der Waals surface area contributed by atoms with Crippen LogP contribution in [0.15, 0.2) is 53.4 Å². The van der Waals surface area contributed by atoms with E-state index in [1.54, 1.807) is 33.1 Å². The topological polar surface area (TPSA) is 115 Å². The first-order valence-corrected chi connectivity index (χ1v) is 17.9. The standard InChI is InChI=1S/C35H48ClN3O7S/c1-6-9-25-20-27(36)11-13-29(25)26-22-39-17-15-24(7-2)31(46-34(41)37-16-19-43-5)10-8-18-45-35(3,4)33(40)38-47(42)28-12-14-32(44-23-26)30(39)21-28/h8,10-14,20-21,24,26,31H,6-7,9,15-19,22-23H2,1-5H3,(H,37,41)(H,38,40)/b10-8+. The highest BCUT2D eigenvalue weighted by molar-refractivity contribution is 7.83. The monoisotopic (exact) mass is 689 g/mol. The summed E-state index contributed by atoms with van der Waals surface area (Å²) in [5.41, 5.74) is 1.92. The molecule has 2 heterocycles. The third kappa shape index (κ3) is 9.95. The first kappa shape index (κ1) is 36.7. The number of carbonyl (C=O) groups is 2. The number of hydrogen-bond acceptors (Lipinski definition) is 8. The molecule has 4 unspecified atom stereocenters. The molecule has 0 spiro atoms. The smallest absolute Gasteiger partial charge is 0.407 e. The van der Waals surface area contributed by atoms with Crippen molar-refractivity contribution in [1.29, 1.82) is 0 Å². The predicted molar refractivity (Wildman–Crippen MR) is 185 cm³/mol. The number of carbonyl (C=O) groups excluding carboxylic acids is 2. The Morgan fingerprint density at radius 3 is 2.77 bits per heavy atom. The summed E-state index contributed by atoms with van der Waals surface area (Å²) >= 11 is 6.41.